The molecule has 0 spiro atoms. The Morgan fingerprint density at radius 1 is 1.00 bits per heavy atom. The van der Waals surface area contributed by atoms with Crippen LogP contribution in [0, 0.1) is 12.3 Å². The Bertz CT molecular complexity index is 660. The number of benzene rings is 2. The second-order valence-electron chi connectivity index (χ2n) is 4.19. The summed E-state index contributed by atoms with van der Waals surface area (Å²) in [6.45, 7) is 2.05. The quantitative estimate of drug-likeness (QED) is 0.591. The van der Waals surface area contributed by atoms with Crippen LogP contribution in [-0.2, 0) is 19.5 Å². The van der Waals surface area contributed by atoms with E-state index in [4.69, 9.17) is 14.9 Å². The molecule has 0 N–H and O–H groups in total. The average molecular weight is 388 g/mol. The molecule has 0 radical (unpaired) electrons. The molecule has 0 saturated carbocycles. The Kier molecular flexibility index (Phi) is 9.12. The maximum Gasteiger partial charge on any atom is 0.430 e. The Balaban J connectivity index is 0.00000220. The molecule has 0 aromatic heterocycles. The summed E-state index contributed by atoms with van der Waals surface area (Å²) in [4.78, 5) is 5.20. The number of rotatable bonds is 4. The van der Waals surface area contributed by atoms with Crippen molar-refractivity contribution in [2.24, 2.45) is 0 Å². The second kappa shape index (κ2) is 9.68. The molecule has 2 aromatic rings. The first-order chi connectivity index (χ1) is 9.67. The molecule has 2 rings (SSSR count). The molecule has 0 aliphatic heterocycles. The molecule has 2 aromatic carbocycles. The van der Waals surface area contributed by atoms with Crippen LogP contribution in [0.2, 0.25) is 0 Å². The van der Waals surface area contributed by atoms with Gasteiger partial charge >= 0.3 is 5.69 Å². The summed E-state index contributed by atoms with van der Waals surface area (Å²) in [6.07, 6.45) is 0. The van der Waals surface area contributed by atoms with E-state index >= 15 is 0 Å². The van der Waals surface area contributed by atoms with E-state index in [1.54, 1.807) is 31.0 Å². The van der Waals surface area contributed by atoms with E-state index in [9.17, 15) is 0 Å². The van der Waals surface area contributed by atoms with Crippen molar-refractivity contribution >= 4 is 17.4 Å². The molecule has 0 aliphatic carbocycles. The monoisotopic (exact) mass is 386 g/mol. The van der Waals surface area contributed by atoms with Crippen LogP contribution in [0.25, 0.3) is 4.98 Å². The predicted molar refractivity (Wildman–Crippen MR) is 79.6 cm³/mol. The number of ether oxygens (including phenoxy) is 2. The minimum atomic E-state index is 0. The smallest absolute Gasteiger partial charge is 0.430 e. The van der Waals surface area contributed by atoms with Crippen LogP contribution in [-0.4, -0.2) is 14.2 Å². The first-order valence-electron chi connectivity index (χ1n) is 6.03. The molecule has 112 valence electrons. The fourth-order valence-corrected chi connectivity index (χ4v) is 2.68. The first kappa shape index (κ1) is 20.7. The Morgan fingerprint density at radius 3 is 2.09 bits per heavy atom. The van der Waals surface area contributed by atoms with Crippen molar-refractivity contribution in [3.05, 3.63) is 46.9 Å². The third-order valence-electron chi connectivity index (χ3n) is 2.82. The SMILES string of the molecule is COc1cc(Sc2ccc(C)cc2)c(OC)cc1[N+]#N.[Cl-].[Zn]. The number of hydrogen-bond acceptors (Lipinski definition) is 4. The standard InChI is InChI=1S/C15H15N2O2S.ClH.Zn/c1-10-4-6-11(7-5-10)20-15-9-13(18-2)12(17-16)8-14(15)19-3;;/h4-9H,1-3H3;1H;/q+1;;/p-1. The molecule has 22 heavy (non-hydrogen) atoms. The Hall–Kier alpha value is -1.28. The number of halogens is 1. The van der Waals surface area contributed by atoms with Crippen molar-refractivity contribution in [3.63, 3.8) is 0 Å². The van der Waals surface area contributed by atoms with Crippen LogP contribution in [0.4, 0.5) is 5.69 Å². The maximum atomic E-state index is 8.96. The summed E-state index contributed by atoms with van der Waals surface area (Å²) < 4.78 is 10.5. The third kappa shape index (κ3) is 4.88. The maximum absolute atomic E-state index is 8.96. The van der Waals surface area contributed by atoms with Gasteiger partial charge in [0.1, 0.15) is 5.75 Å². The van der Waals surface area contributed by atoms with E-state index in [2.05, 4.69) is 36.2 Å². The molecule has 0 amide bonds. The third-order valence-corrected chi connectivity index (χ3v) is 3.87. The van der Waals surface area contributed by atoms with Gasteiger partial charge in [-0.3, -0.25) is 0 Å². The fourth-order valence-electron chi connectivity index (χ4n) is 1.74. The van der Waals surface area contributed by atoms with Crippen LogP contribution in [0.15, 0.2) is 46.2 Å². The van der Waals surface area contributed by atoms with Gasteiger partial charge < -0.3 is 21.9 Å². The van der Waals surface area contributed by atoms with Gasteiger partial charge in [0, 0.05) is 30.4 Å². The van der Waals surface area contributed by atoms with Gasteiger partial charge in [0.2, 0.25) is 11.1 Å². The predicted octanol–water partition coefficient (Wildman–Crippen LogP) is 1.65. The average Bonchev–Trinajstić information content (AvgIpc) is 2.49. The van der Waals surface area contributed by atoms with Gasteiger partial charge in [-0.1, -0.05) is 29.5 Å². The van der Waals surface area contributed by atoms with Gasteiger partial charge in [-0.2, -0.15) is 0 Å². The summed E-state index contributed by atoms with van der Waals surface area (Å²) in [5.41, 5.74) is 1.56. The molecule has 4 nitrogen and oxygen atoms in total. The van der Waals surface area contributed by atoms with Crippen LogP contribution in [0.5, 0.6) is 11.5 Å². The number of methoxy groups -OCH3 is 2. The molecule has 7 heteroatoms. The van der Waals surface area contributed by atoms with Gasteiger partial charge in [0.25, 0.3) is 0 Å². The van der Waals surface area contributed by atoms with Gasteiger partial charge in [0.05, 0.1) is 25.2 Å². The Labute approximate surface area is 153 Å². The summed E-state index contributed by atoms with van der Waals surface area (Å²) in [7, 11) is 3.12. The minimum Gasteiger partial charge on any atom is -1.00 e. The molecular formula is C15H15ClN2O2SZn. The van der Waals surface area contributed by atoms with E-state index in [-0.39, 0.29) is 31.9 Å². The van der Waals surface area contributed by atoms with Crippen LogP contribution in [0.3, 0.4) is 0 Å². The van der Waals surface area contributed by atoms with Crippen molar-refractivity contribution in [2.45, 2.75) is 16.7 Å². The molecule has 0 unspecified atom stereocenters. The number of aryl methyl sites for hydroxylation is 1. The topological polar surface area (TPSA) is 46.6 Å². The summed E-state index contributed by atoms with van der Waals surface area (Å²) in [5.74, 6) is 1.15. The zero-order chi connectivity index (χ0) is 14.5. The van der Waals surface area contributed by atoms with Gasteiger partial charge in [-0.15, -0.1) is 0 Å². The van der Waals surface area contributed by atoms with E-state index < -0.39 is 0 Å². The number of nitrogens with zero attached hydrogens (tertiary/aromatic N) is 2. The van der Waals surface area contributed by atoms with Crippen molar-refractivity contribution in [3.8, 4) is 11.5 Å². The zero-order valence-corrected chi connectivity index (χ0v) is 17.2. The van der Waals surface area contributed by atoms with E-state index in [0.29, 0.717) is 17.2 Å². The van der Waals surface area contributed by atoms with Gasteiger partial charge in [-0.05, 0) is 19.1 Å². The van der Waals surface area contributed by atoms with Crippen LogP contribution in [0.1, 0.15) is 5.56 Å². The molecule has 0 atom stereocenters. The summed E-state index contributed by atoms with van der Waals surface area (Å²) in [6, 6.07) is 11.7. The van der Waals surface area contributed by atoms with E-state index in [1.165, 1.54) is 12.7 Å². The molecule has 0 bridgehead atoms. The van der Waals surface area contributed by atoms with Crippen LogP contribution < -0.4 is 21.9 Å². The van der Waals surface area contributed by atoms with E-state index in [0.717, 1.165) is 9.79 Å². The van der Waals surface area contributed by atoms with Crippen molar-refractivity contribution < 1.29 is 41.4 Å². The van der Waals surface area contributed by atoms with Crippen LogP contribution >= 0.6 is 11.8 Å². The number of hydrogen-bond donors (Lipinski definition) is 0. The van der Waals surface area contributed by atoms with Gasteiger partial charge in [-0.25, -0.2) is 0 Å². The minimum absolute atomic E-state index is 0. The fraction of sp³-hybridized carbons (Fsp3) is 0.200. The second-order valence-corrected chi connectivity index (χ2v) is 5.31. The molecule has 0 saturated heterocycles. The largest absolute Gasteiger partial charge is 1.00 e. The molecular weight excluding hydrogens is 373 g/mol. The van der Waals surface area contributed by atoms with Gasteiger partial charge in [0.15, 0.2) is 4.98 Å². The summed E-state index contributed by atoms with van der Waals surface area (Å²) >= 11 is 1.57. The normalized spacial score (nSPS) is 9.00. The first-order valence-corrected chi connectivity index (χ1v) is 6.85. The number of diazo groups is 1. The van der Waals surface area contributed by atoms with E-state index in [1.807, 2.05) is 0 Å². The zero-order valence-electron chi connectivity index (χ0n) is 12.7. The Morgan fingerprint density at radius 2 is 1.59 bits per heavy atom. The van der Waals surface area contributed by atoms with Crippen molar-refractivity contribution in [2.75, 3.05) is 14.2 Å². The molecule has 0 aliphatic rings. The molecule has 0 heterocycles. The molecule has 0 fully saturated rings. The van der Waals surface area contributed by atoms with Crippen molar-refractivity contribution in [1.82, 2.24) is 0 Å². The summed E-state index contributed by atoms with van der Waals surface area (Å²) in [5, 5.41) is 8.96. The van der Waals surface area contributed by atoms with Crippen molar-refractivity contribution in [1.29, 1.82) is 5.39 Å².